The van der Waals surface area contributed by atoms with E-state index < -0.39 is 0 Å². The van der Waals surface area contributed by atoms with Gasteiger partial charge in [-0.2, -0.15) is 0 Å². The Hall–Kier alpha value is -0.190. The van der Waals surface area contributed by atoms with Crippen LogP contribution in [0.4, 0.5) is 0 Å². The number of hydrogen-bond donors (Lipinski definition) is 1. The zero-order chi connectivity index (χ0) is 13.5. The molecule has 1 unspecified atom stereocenters. The lowest BCUT2D eigenvalue weighted by molar-refractivity contribution is 0.0948. The molecule has 100 valence electrons. The minimum Gasteiger partial charge on any atom is -0.352 e. The van der Waals surface area contributed by atoms with Crippen LogP contribution in [0.2, 0.25) is 5.02 Å². The average molecular weight is 351 g/mol. The first-order chi connectivity index (χ1) is 8.58. The number of carbonyl (C=O) groups is 1. The van der Waals surface area contributed by atoms with Crippen LogP contribution in [0, 0.1) is 5.92 Å². The van der Waals surface area contributed by atoms with Crippen LogP contribution in [0.5, 0.6) is 0 Å². The van der Waals surface area contributed by atoms with Gasteiger partial charge in [0.15, 0.2) is 0 Å². The van der Waals surface area contributed by atoms with Gasteiger partial charge in [-0.1, -0.05) is 34.5 Å². The van der Waals surface area contributed by atoms with Gasteiger partial charge in [-0.05, 0) is 36.8 Å². The lowest BCUT2D eigenvalue weighted by Crippen LogP contribution is -2.28. The van der Waals surface area contributed by atoms with E-state index in [4.69, 9.17) is 11.6 Å². The molecule has 1 rings (SSSR count). The Morgan fingerprint density at radius 2 is 2.28 bits per heavy atom. The number of benzene rings is 1. The fraction of sp³-hybridized carbons (Fsp3) is 0.462. The fourth-order valence-electron chi connectivity index (χ4n) is 1.46. The van der Waals surface area contributed by atoms with Gasteiger partial charge in [-0.15, -0.1) is 11.8 Å². The van der Waals surface area contributed by atoms with Crippen LogP contribution in [0.3, 0.4) is 0 Å². The third kappa shape index (κ3) is 4.82. The number of alkyl halides is 1. The van der Waals surface area contributed by atoms with Crippen molar-refractivity contribution in [1.29, 1.82) is 0 Å². The van der Waals surface area contributed by atoms with Crippen LogP contribution >= 0.6 is 39.3 Å². The Morgan fingerprint density at radius 1 is 1.56 bits per heavy atom. The summed E-state index contributed by atoms with van der Waals surface area (Å²) in [4.78, 5) is 13.1. The molecule has 18 heavy (non-hydrogen) atoms. The molecule has 1 atom stereocenters. The number of amides is 1. The molecule has 1 N–H and O–H groups in total. The fourth-order valence-corrected chi connectivity index (χ4v) is 2.88. The zero-order valence-electron chi connectivity index (χ0n) is 10.5. The summed E-state index contributed by atoms with van der Waals surface area (Å²) in [7, 11) is 0. The van der Waals surface area contributed by atoms with Crippen molar-refractivity contribution >= 4 is 45.2 Å². The number of thioether (sulfide) groups is 1. The highest BCUT2D eigenvalue weighted by atomic mass is 79.9. The van der Waals surface area contributed by atoms with Crippen molar-refractivity contribution in [2.24, 2.45) is 5.92 Å². The van der Waals surface area contributed by atoms with Crippen molar-refractivity contribution in [2.45, 2.75) is 18.2 Å². The smallest absolute Gasteiger partial charge is 0.252 e. The van der Waals surface area contributed by atoms with E-state index in [0.717, 1.165) is 16.6 Å². The molecule has 2 nitrogen and oxygen atoms in total. The molecule has 0 saturated heterocycles. The lowest BCUT2D eigenvalue weighted by Gasteiger charge is -2.12. The van der Waals surface area contributed by atoms with E-state index in [9.17, 15) is 4.79 Å². The van der Waals surface area contributed by atoms with Crippen LogP contribution in [-0.4, -0.2) is 24.0 Å². The number of nitrogens with one attached hydrogen (secondary N) is 1. The van der Waals surface area contributed by atoms with Crippen molar-refractivity contribution in [3.63, 3.8) is 0 Å². The van der Waals surface area contributed by atoms with Gasteiger partial charge in [-0.25, -0.2) is 0 Å². The Balaban J connectivity index is 2.66. The van der Waals surface area contributed by atoms with Gasteiger partial charge in [0.05, 0.1) is 10.6 Å². The highest BCUT2D eigenvalue weighted by molar-refractivity contribution is 9.09. The number of halogens is 2. The van der Waals surface area contributed by atoms with Crippen LogP contribution in [0.25, 0.3) is 0 Å². The molecule has 0 fully saturated rings. The SMILES string of the molecule is CSc1ccc(Cl)c(C(=O)NCC(C)CCBr)c1. The van der Waals surface area contributed by atoms with Crippen LogP contribution in [-0.2, 0) is 0 Å². The van der Waals surface area contributed by atoms with Gasteiger partial charge in [0.2, 0.25) is 0 Å². The Kier molecular flexibility index (Phi) is 7.12. The first-order valence-corrected chi connectivity index (χ1v) is 8.48. The molecular weight excluding hydrogens is 334 g/mol. The summed E-state index contributed by atoms with van der Waals surface area (Å²) in [6, 6.07) is 5.51. The van der Waals surface area contributed by atoms with Gasteiger partial charge in [0.25, 0.3) is 5.91 Å². The number of carbonyl (C=O) groups excluding carboxylic acids is 1. The monoisotopic (exact) mass is 349 g/mol. The molecule has 5 heteroatoms. The molecule has 0 aliphatic carbocycles. The van der Waals surface area contributed by atoms with E-state index in [-0.39, 0.29) is 5.91 Å². The quantitative estimate of drug-likeness (QED) is 0.615. The normalized spacial score (nSPS) is 12.2. The Labute approximate surface area is 126 Å². The van der Waals surface area contributed by atoms with Crippen LogP contribution < -0.4 is 5.32 Å². The molecule has 0 aliphatic heterocycles. The second-order valence-electron chi connectivity index (χ2n) is 4.14. The molecule has 1 aromatic rings. The van der Waals surface area contributed by atoms with E-state index in [1.165, 1.54) is 0 Å². The third-order valence-electron chi connectivity index (χ3n) is 2.63. The van der Waals surface area contributed by atoms with E-state index in [1.54, 1.807) is 17.8 Å². The van der Waals surface area contributed by atoms with Gasteiger partial charge >= 0.3 is 0 Å². The third-order valence-corrected chi connectivity index (χ3v) is 4.14. The number of hydrogen-bond acceptors (Lipinski definition) is 2. The van der Waals surface area contributed by atoms with E-state index in [0.29, 0.717) is 23.0 Å². The summed E-state index contributed by atoms with van der Waals surface area (Å²) in [6.45, 7) is 2.78. The molecular formula is C13H17BrClNOS. The first-order valence-electron chi connectivity index (χ1n) is 5.76. The summed E-state index contributed by atoms with van der Waals surface area (Å²) in [5, 5.41) is 4.37. The second kappa shape index (κ2) is 8.08. The summed E-state index contributed by atoms with van der Waals surface area (Å²) >= 11 is 11.0. The van der Waals surface area contributed by atoms with Gasteiger partial charge in [0, 0.05) is 16.8 Å². The molecule has 0 saturated carbocycles. The van der Waals surface area contributed by atoms with E-state index >= 15 is 0 Å². The van der Waals surface area contributed by atoms with Crippen LogP contribution in [0.15, 0.2) is 23.1 Å². The molecule has 0 spiro atoms. The van der Waals surface area contributed by atoms with Crippen molar-refractivity contribution in [2.75, 3.05) is 18.1 Å². The molecule has 0 bridgehead atoms. The summed E-state index contributed by atoms with van der Waals surface area (Å²) in [5.41, 5.74) is 0.551. The largest absolute Gasteiger partial charge is 0.352 e. The van der Waals surface area contributed by atoms with Crippen molar-refractivity contribution in [1.82, 2.24) is 5.32 Å². The summed E-state index contributed by atoms with van der Waals surface area (Å²) < 4.78 is 0. The lowest BCUT2D eigenvalue weighted by atomic mass is 10.1. The van der Waals surface area contributed by atoms with Gasteiger partial charge < -0.3 is 5.32 Å². The maximum absolute atomic E-state index is 12.0. The molecule has 1 aromatic carbocycles. The maximum atomic E-state index is 12.0. The maximum Gasteiger partial charge on any atom is 0.252 e. The Bertz CT molecular complexity index is 414. The molecule has 0 aromatic heterocycles. The van der Waals surface area contributed by atoms with E-state index in [1.807, 2.05) is 18.4 Å². The predicted octanol–water partition coefficient (Wildman–Crippen LogP) is 4.21. The minimum absolute atomic E-state index is 0.0997. The van der Waals surface area contributed by atoms with Crippen molar-refractivity contribution in [3.05, 3.63) is 28.8 Å². The molecule has 0 heterocycles. The minimum atomic E-state index is -0.0997. The van der Waals surface area contributed by atoms with Gasteiger partial charge in [-0.3, -0.25) is 4.79 Å². The molecule has 0 aliphatic rings. The number of rotatable bonds is 6. The highest BCUT2D eigenvalue weighted by Gasteiger charge is 2.12. The molecule has 1 amide bonds. The van der Waals surface area contributed by atoms with Crippen molar-refractivity contribution in [3.8, 4) is 0 Å². The highest BCUT2D eigenvalue weighted by Crippen LogP contribution is 2.22. The second-order valence-corrected chi connectivity index (χ2v) is 6.22. The first kappa shape index (κ1) is 15.9. The van der Waals surface area contributed by atoms with E-state index in [2.05, 4.69) is 28.2 Å². The summed E-state index contributed by atoms with van der Waals surface area (Å²) in [6.07, 6.45) is 3.02. The average Bonchev–Trinajstić information content (AvgIpc) is 2.37. The Morgan fingerprint density at radius 3 is 2.89 bits per heavy atom. The zero-order valence-corrected chi connectivity index (χ0v) is 13.7. The van der Waals surface area contributed by atoms with Crippen LogP contribution in [0.1, 0.15) is 23.7 Å². The standard InChI is InChI=1S/C13H17BrClNOS/c1-9(5-6-14)8-16-13(17)11-7-10(18-2)3-4-12(11)15/h3-4,7,9H,5-6,8H2,1-2H3,(H,16,17). The summed E-state index contributed by atoms with van der Waals surface area (Å²) in [5.74, 6) is 0.355. The van der Waals surface area contributed by atoms with Crippen molar-refractivity contribution < 1.29 is 4.79 Å². The van der Waals surface area contributed by atoms with Gasteiger partial charge in [0.1, 0.15) is 0 Å². The predicted molar refractivity (Wildman–Crippen MR) is 83.1 cm³/mol. The topological polar surface area (TPSA) is 29.1 Å². The molecule has 0 radical (unpaired) electrons.